The van der Waals surface area contributed by atoms with Crippen LogP contribution < -0.4 is 22.3 Å². The molecule has 0 heterocycles. The molecule has 0 saturated carbocycles. The average molecular weight is 394 g/mol. The highest BCUT2D eigenvalue weighted by molar-refractivity contribution is 6.00. The molecule has 0 aliphatic heterocycles. The van der Waals surface area contributed by atoms with Crippen molar-refractivity contribution in [2.45, 2.75) is 33.1 Å². The van der Waals surface area contributed by atoms with Gasteiger partial charge in [0, 0.05) is 24.2 Å². The van der Waals surface area contributed by atoms with Crippen molar-refractivity contribution in [2.24, 2.45) is 10.2 Å². The highest BCUT2D eigenvalue weighted by atomic mass is 16.2. The standard InChI is InChI=1S/C21H26N6O2/c1-14(16-6-10-18(22)11-7-16)24-26-20(28)4-3-5-21(29)27-25-15(2)17-8-12-19(23)13-9-17/h6-13H,3-5,22-23H2,1-2H3,(H,26,28)(H,27,29). The van der Waals surface area contributed by atoms with Crippen molar-refractivity contribution in [3.8, 4) is 0 Å². The number of benzene rings is 2. The molecular weight excluding hydrogens is 368 g/mol. The number of anilines is 2. The second kappa shape index (κ2) is 10.6. The zero-order valence-corrected chi connectivity index (χ0v) is 16.6. The van der Waals surface area contributed by atoms with E-state index in [1.165, 1.54) is 0 Å². The van der Waals surface area contributed by atoms with Crippen molar-refractivity contribution < 1.29 is 9.59 Å². The van der Waals surface area contributed by atoms with Gasteiger partial charge in [-0.05, 0) is 55.7 Å². The second-order valence-corrected chi connectivity index (χ2v) is 6.56. The average Bonchev–Trinajstić information content (AvgIpc) is 2.71. The molecule has 6 N–H and O–H groups in total. The number of amides is 2. The normalized spacial score (nSPS) is 11.8. The maximum atomic E-state index is 11.9. The Morgan fingerprint density at radius 2 is 1.07 bits per heavy atom. The van der Waals surface area contributed by atoms with Crippen molar-refractivity contribution in [1.82, 2.24) is 10.9 Å². The monoisotopic (exact) mass is 394 g/mol. The molecule has 8 heteroatoms. The SMILES string of the molecule is CC(=NNC(=O)CCCC(=O)NN=C(C)c1ccc(N)cc1)c1ccc(N)cc1. The van der Waals surface area contributed by atoms with Gasteiger partial charge < -0.3 is 11.5 Å². The third-order valence-corrected chi connectivity index (χ3v) is 4.16. The first kappa shape index (κ1) is 21.6. The number of hydrogen-bond donors (Lipinski definition) is 4. The Kier molecular flexibility index (Phi) is 7.90. The molecule has 0 aliphatic rings. The summed E-state index contributed by atoms with van der Waals surface area (Å²) in [6.45, 7) is 3.58. The zero-order chi connectivity index (χ0) is 21.2. The van der Waals surface area contributed by atoms with Gasteiger partial charge in [-0.3, -0.25) is 9.59 Å². The summed E-state index contributed by atoms with van der Waals surface area (Å²) < 4.78 is 0. The summed E-state index contributed by atoms with van der Waals surface area (Å²) >= 11 is 0. The van der Waals surface area contributed by atoms with Crippen LogP contribution in [0.3, 0.4) is 0 Å². The number of rotatable bonds is 8. The fourth-order valence-electron chi connectivity index (χ4n) is 2.39. The van der Waals surface area contributed by atoms with E-state index >= 15 is 0 Å². The summed E-state index contributed by atoms with van der Waals surface area (Å²) in [5, 5.41) is 8.13. The lowest BCUT2D eigenvalue weighted by molar-refractivity contribution is -0.122. The molecule has 2 rings (SSSR count). The van der Waals surface area contributed by atoms with Crippen LogP contribution in [0, 0.1) is 0 Å². The third-order valence-electron chi connectivity index (χ3n) is 4.16. The molecule has 0 aromatic heterocycles. The van der Waals surface area contributed by atoms with E-state index in [1.807, 2.05) is 24.3 Å². The first-order valence-electron chi connectivity index (χ1n) is 9.23. The predicted octanol–water partition coefficient (Wildman–Crippen LogP) is 2.40. The third kappa shape index (κ3) is 7.45. The molecule has 2 aromatic rings. The summed E-state index contributed by atoms with van der Waals surface area (Å²) in [5.74, 6) is -0.511. The van der Waals surface area contributed by atoms with E-state index in [9.17, 15) is 9.59 Å². The minimum absolute atomic E-state index is 0.187. The van der Waals surface area contributed by atoms with Crippen molar-refractivity contribution in [1.29, 1.82) is 0 Å². The molecule has 0 fully saturated rings. The van der Waals surface area contributed by atoms with Gasteiger partial charge in [-0.2, -0.15) is 10.2 Å². The van der Waals surface area contributed by atoms with Gasteiger partial charge in [0.2, 0.25) is 11.8 Å². The van der Waals surface area contributed by atoms with E-state index in [1.54, 1.807) is 38.1 Å². The number of hydrazone groups is 2. The van der Waals surface area contributed by atoms with Crippen LogP contribution in [0.25, 0.3) is 0 Å². The van der Waals surface area contributed by atoms with Gasteiger partial charge in [0.05, 0.1) is 11.4 Å². The molecule has 0 aliphatic carbocycles. The van der Waals surface area contributed by atoms with Crippen LogP contribution in [0.1, 0.15) is 44.2 Å². The second-order valence-electron chi connectivity index (χ2n) is 6.56. The maximum Gasteiger partial charge on any atom is 0.240 e. The molecule has 8 nitrogen and oxygen atoms in total. The Morgan fingerprint density at radius 1 is 0.724 bits per heavy atom. The van der Waals surface area contributed by atoms with E-state index in [2.05, 4.69) is 21.1 Å². The predicted molar refractivity (Wildman–Crippen MR) is 116 cm³/mol. The summed E-state index contributed by atoms with van der Waals surface area (Å²) in [5.41, 5.74) is 20.7. The van der Waals surface area contributed by atoms with Gasteiger partial charge >= 0.3 is 0 Å². The van der Waals surface area contributed by atoms with Crippen LogP contribution in [0.15, 0.2) is 58.7 Å². The van der Waals surface area contributed by atoms with Crippen LogP contribution in [-0.2, 0) is 9.59 Å². The Bertz CT molecular complexity index is 826. The van der Waals surface area contributed by atoms with Gasteiger partial charge in [-0.1, -0.05) is 24.3 Å². The minimum Gasteiger partial charge on any atom is -0.399 e. The summed E-state index contributed by atoms with van der Waals surface area (Å²) in [4.78, 5) is 23.8. The minimum atomic E-state index is -0.255. The van der Waals surface area contributed by atoms with Crippen molar-refractivity contribution >= 4 is 34.6 Å². The lowest BCUT2D eigenvalue weighted by atomic mass is 10.1. The smallest absolute Gasteiger partial charge is 0.240 e. The molecule has 2 amide bonds. The number of carbonyl (C=O) groups is 2. The van der Waals surface area contributed by atoms with E-state index in [0.717, 1.165) is 11.1 Å². The molecule has 0 bridgehead atoms. The van der Waals surface area contributed by atoms with Gasteiger partial charge in [-0.15, -0.1) is 0 Å². The number of nitrogens with zero attached hydrogens (tertiary/aromatic N) is 2. The molecule has 0 saturated heterocycles. The maximum absolute atomic E-state index is 11.9. The summed E-state index contributed by atoms with van der Waals surface area (Å²) in [6, 6.07) is 14.4. The van der Waals surface area contributed by atoms with Gasteiger partial charge in [0.1, 0.15) is 0 Å². The zero-order valence-electron chi connectivity index (χ0n) is 16.6. The van der Waals surface area contributed by atoms with Crippen molar-refractivity contribution in [3.05, 3.63) is 59.7 Å². The van der Waals surface area contributed by atoms with Crippen LogP contribution in [0.4, 0.5) is 11.4 Å². The number of nitrogens with one attached hydrogen (secondary N) is 2. The van der Waals surface area contributed by atoms with Crippen LogP contribution >= 0.6 is 0 Å². The van der Waals surface area contributed by atoms with Gasteiger partial charge in [-0.25, -0.2) is 10.9 Å². The summed E-state index contributed by atoms with van der Waals surface area (Å²) in [6.07, 6.45) is 0.768. The van der Waals surface area contributed by atoms with Gasteiger partial charge in [0.15, 0.2) is 0 Å². The van der Waals surface area contributed by atoms with Crippen LogP contribution in [-0.4, -0.2) is 23.2 Å². The van der Waals surface area contributed by atoms with Crippen molar-refractivity contribution in [3.63, 3.8) is 0 Å². The van der Waals surface area contributed by atoms with Crippen LogP contribution in [0.5, 0.6) is 0 Å². The van der Waals surface area contributed by atoms with E-state index in [-0.39, 0.29) is 24.7 Å². The molecule has 152 valence electrons. The number of carbonyl (C=O) groups excluding carboxylic acids is 2. The first-order valence-corrected chi connectivity index (χ1v) is 9.23. The highest BCUT2D eigenvalue weighted by Gasteiger charge is 2.06. The number of nitrogens with two attached hydrogens (primary N) is 2. The number of nitrogen functional groups attached to an aromatic ring is 2. The number of hydrogen-bond acceptors (Lipinski definition) is 6. The molecule has 29 heavy (non-hydrogen) atoms. The highest BCUT2D eigenvalue weighted by Crippen LogP contribution is 2.07. The van der Waals surface area contributed by atoms with E-state index < -0.39 is 0 Å². The molecule has 0 spiro atoms. The fourth-order valence-corrected chi connectivity index (χ4v) is 2.39. The van der Waals surface area contributed by atoms with Crippen molar-refractivity contribution in [2.75, 3.05) is 11.5 Å². The quantitative estimate of drug-likeness (QED) is 0.310. The van der Waals surface area contributed by atoms with E-state index in [4.69, 9.17) is 11.5 Å². The Balaban J connectivity index is 1.71. The Hall–Kier alpha value is -3.68. The lowest BCUT2D eigenvalue weighted by Gasteiger charge is -2.04. The molecule has 0 atom stereocenters. The largest absolute Gasteiger partial charge is 0.399 e. The Morgan fingerprint density at radius 3 is 1.41 bits per heavy atom. The first-order chi connectivity index (χ1) is 13.8. The molecule has 0 radical (unpaired) electrons. The fraction of sp³-hybridized carbons (Fsp3) is 0.238. The van der Waals surface area contributed by atoms with E-state index in [0.29, 0.717) is 29.2 Å². The Labute approximate surface area is 170 Å². The lowest BCUT2D eigenvalue weighted by Crippen LogP contribution is -2.21. The molecule has 2 aromatic carbocycles. The van der Waals surface area contributed by atoms with Crippen LogP contribution in [0.2, 0.25) is 0 Å². The molecule has 0 unspecified atom stereocenters. The summed E-state index contributed by atoms with van der Waals surface area (Å²) in [7, 11) is 0. The topological polar surface area (TPSA) is 135 Å². The van der Waals surface area contributed by atoms with Gasteiger partial charge in [0.25, 0.3) is 0 Å². The molecular formula is C21H26N6O2.